The van der Waals surface area contributed by atoms with Gasteiger partial charge in [-0.05, 0) is 42.0 Å². The van der Waals surface area contributed by atoms with Crippen LogP contribution in [0.3, 0.4) is 0 Å². The molecule has 3 aromatic rings. The largest absolute Gasteiger partial charge is 0.497 e. The van der Waals surface area contributed by atoms with Crippen molar-refractivity contribution >= 4 is 17.5 Å². The number of amides is 2. The number of carbonyl (C=O) groups excluding carboxylic acids is 2. The summed E-state index contributed by atoms with van der Waals surface area (Å²) < 4.78 is 10.3. The van der Waals surface area contributed by atoms with Crippen LogP contribution in [0.4, 0.5) is 5.69 Å². The van der Waals surface area contributed by atoms with Crippen LogP contribution in [0.5, 0.6) is 11.5 Å². The molecule has 1 aromatic heterocycles. The first-order valence-corrected chi connectivity index (χ1v) is 8.92. The third-order valence-electron chi connectivity index (χ3n) is 4.15. The molecule has 148 valence electrons. The predicted molar refractivity (Wildman–Crippen MR) is 109 cm³/mol. The molecule has 0 spiro atoms. The highest BCUT2D eigenvalue weighted by Gasteiger charge is 2.13. The quantitative estimate of drug-likeness (QED) is 0.645. The Labute approximate surface area is 168 Å². The van der Waals surface area contributed by atoms with Gasteiger partial charge >= 0.3 is 0 Å². The lowest BCUT2D eigenvalue weighted by molar-refractivity contribution is 0.0945. The Morgan fingerprint density at radius 2 is 1.48 bits per heavy atom. The summed E-state index contributed by atoms with van der Waals surface area (Å²) in [6.07, 6.45) is 0. The monoisotopic (exact) mass is 391 g/mol. The number of aromatic nitrogens is 1. The fourth-order valence-corrected chi connectivity index (χ4v) is 2.60. The van der Waals surface area contributed by atoms with E-state index in [4.69, 9.17) is 9.47 Å². The van der Waals surface area contributed by atoms with Crippen LogP contribution in [-0.4, -0.2) is 31.0 Å². The van der Waals surface area contributed by atoms with Gasteiger partial charge in [0.1, 0.15) is 22.9 Å². The molecule has 0 saturated carbocycles. The number of anilines is 1. The molecule has 3 rings (SSSR count). The predicted octanol–water partition coefficient (Wildman–Crippen LogP) is 3.28. The summed E-state index contributed by atoms with van der Waals surface area (Å²) in [7, 11) is 3.15. The summed E-state index contributed by atoms with van der Waals surface area (Å²) >= 11 is 0. The van der Waals surface area contributed by atoms with Crippen molar-refractivity contribution in [3.8, 4) is 11.5 Å². The van der Waals surface area contributed by atoms with Crippen molar-refractivity contribution in [2.45, 2.75) is 6.54 Å². The first-order valence-electron chi connectivity index (χ1n) is 8.92. The van der Waals surface area contributed by atoms with Gasteiger partial charge in [-0.1, -0.05) is 24.3 Å². The van der Waals surface area contributed by atoms with E-state index in [1.165, 1.54) is 0 Å². The number of methoxy groups -OCH3 is 2. The summed E-state index contributed by atoms with van der Waals surface area (Å²) in [5.41, 5.74) is 1.80. The molecule has 2 N–H and O–H groups in total. The Morgan fingerprint density at radius 3 is 2.17 bits per heavy atom. The Bertz CT molecular complexity index is 1000. The number of ether oxygens (including phenoxy) is 2. The van der Waals surface area contributed by atoms with Crippen LogP contribution in [-0.2, 0) is 6.54 Å². The van der Waals surface area contributed by atoms with E-state index in [0.29, 0.717) is 18.0 Å². The molecule has 0 bridgehead atoms. The van der Waals surface area contributed by atoms with Gasteiger partial charge in [-0.3, -0.25) is 9.59 Å². The number of hydrogen-bond acceptors (Lipinski definition) is 5. The molecule has 29 heavy (non-hydrogen) atoms. The lowest BCUT2D eigenvalue weighted by atomic mass is 10.2. The SMILES string of the molecule is COc1ccc(CNC(=O)c2cccc(C(=O)Nc3cccc(OC)c3)n2)cc1. The Balaban J connectivity index is 1.64. The number of nitrogens with zero attached hydrogens (tertiary/aromatic N) is 1. The van der Waals surface area contributed by atoms with Crippen molar-refractivity contribution in [3.05, 3.63) is 83.7 Å². The van der Waals surface area contributed by atoms with Gasteiger partial charge in [-0.15, -0.1) is 0 Å². The topological polar surface area (TPSA) is 89.5 Å². The molecule has 1 heterocycles. The maximum atomic E-state index is 12.5. The molecule has 0 aliphatic rings. The zero-order chi connectivity index (χ0) is 20.6. The van der Waals surface area contributed by atoms with Crippen LogP contribution in [0.15, 0.2) is 66.7 Å². The van der Waals surface area contributed by atoms with Gasteiger partial charge in [0.25, 0.3) is 11.8 Å². The Hall–Kier alpha value is -3.87. The van der Waals surface area contributed by atoms with Gasteiger partial charge in [-0.25, -0.2) is 4.98 Å². The number of nitrogens with one attached hydrogen (secondary N) is 2. The third-order valence-corrected chi connectivity index (χ3v) is 4.15. The fraction of sp³-hybridized carbons (Fsp3) is 0.136. The first-order chi connectivity index (χ1) is 14.1. The second-order valence-electron chi connectivity index (χ2n) is 6.12. The molecule has 7 nitrogen and oxygen atoms in total. The van der Waals surface area contributed by atoms with Crippen molar-refractivity contribution in [2.24, 2.45) is 0 Å². The fourth-order valence-electron chi connectivity index (χ4n) is 2.60. The minimum atomic E-state index is -0.414. The van der Waals surface area contributed by atoms with Crippen LogP contribution >= 0.6 is 0 Å². The highest BCUT2D eigenvalue weighted by Crippen LogP contribution is 2.17. The molecular weight excluding hydrogens is 370 g/mol. The van der Waals surface area contributed by atoms with E-state index in [0.717, 1.165) is 11.3 Å². The van der Waals surface area contributed by atoms with Crippen LogP contribution in [0.25, 0.3) is 0 Å². The molecule has 0 atom stereocenters. The summed E-state index contributed by atoms with van der Waals surface area (Å²) in [4.78, 5) is 29.1. The molecule has 2 aromatic carbocycles. The summed E-state index contributed by atoms with van der Waals surface area (Å²) in [6, 6.07) is 19.1. The van der Waals surface area contributed by atoms with Crippen molar-refractivity contribution in [1.29, 1.82) is 0 Å². The van der Waals surface area contributed by atoms with E-state index < -0.39 is 5.91 Å². The van der Waals surface area contributed by atoms with E-state index >= 15 is 0 Å². The van der Waals surface area contributed by atoms with Crippen molar-refractivity contribution in [3.63, 3.8) is 0 Å². The first kappa shape index (κ1) is 19.9. The molecule has 2 amide bonds. The maximum absolute atomic E-state index is 12.5. The summed E-state index contributed by atoms with van der Waals surface area (Å²) in [5.74, 6) is 0.596. The van der Waals surface area contributed by atoms with Crippen LogP contribution < -0.4 is 20.1 Å². The average molecular weight is 391 g/mol. The maximum Gasteiger partial charge on any atom is 0.274 e. The van der Waals surface area contributed by atoms with Crippen LogP contribution in [0.1, 0.15) is 26.5 Å². The van der Waals surface area contributed by atoms with Gasteiger partial charge in [0, 0.05) is 18.3 Å². The van der Waals surface area contributed by atoms with Crippen LogP contribution in [0.2, 0.25) is 0 Å². The van der Waals surface area contributed by atoms with E-state index in [2.05, 4.69) is 15.6 Å². The molecule has 0 aliphatic heterocycles. The summed E-state index contributed by atoms with van der Waals surface area (Å²) in [6.45, 7) is 0.338. The molecule has 0 aliphatic carbocycles. The number of pyridine rings is 1. The van der Waals surface area contributed by atoms with Crippen LogP contribution in [0, 0.1) is 0 Å². The molecule has 0 unspecified atom stereocenters. The standard InChI is InChI=1S/C22H21N3O4/c1-28-17-11-9-15(10-12-17)14-23-21(26)19-7-4-8-20(25-19)22(27)24-16-5-3-6-18(13-16)29-2/h3-13H,14H2,1-2H3,(H,23,26)(H,24,27). The number of rotatable bonds is 7. The van der Waals surface area contributed by atoms with Gasteiger partial charge in [0.2, 0.25) is 0 Å². The van der Waals surface area contributed by atoms with Crippen molar-refractivity contribution in [2.75, 3.05) is 19.5 Å². The van der Waals surface area contributed by atoms with E-state index in [1.807, 2.05) is 24.3 Å². The molecule has 0 saturated heterocycles. The zero-order valence-corrected chi connectivity index (χ0v) is 16.1. The summed E-state index contributed by atoms with van der Waals surface area (Å²) in [5, 5.41) is 5.54. The van der Waals surface area contributed by atoms with E-state index in [-0.39, 0.29) is 17.3 Å². The molecule has 0 radical (unpaired) electrons. The number of carbonyl (C=O) groups is 2. The number of benzene rings is 2. The highest BCUT2D eigenvalue weighted by molar-refractivity contribution is 6.03. The van der Waals surface area contributed by atoms with Gasteiger partial charge in [0.15, 0.2) is 0 Å². The van der Waals surface area contributed by atoms with Crippen molar-refractivity contribution in [1.82, 2.24) is 10.3 Å². The smallest absolute Gasteiger partial charge is 0.274 e. The highest BCUT2D eigenvalue weighted by atomic mass is 16.5. The lowest BCUT2D eigenvalue weighted by Crippen LogP contribution is -2.25. The normalized spacial score (nSPS) is 10.1. The second kappa shape index (κ2) is 9.36. The molecule has 7 heteroatoms. The Kier molecular flexibility index (Phi) is 6.42. The zero-order valence-electron chi connectivity index (χ0n) is 16.1. The van der Waals surface area contributed by atoms with E-state index in [9.17, 15) is 9.59 Å². The van der Waals surface area contributed by atoms with Gasteiger partial charge in [0.05, 0.1) is 14.2 Å². The lowest BCUT2D eigenvalue weighted by Gasteiger charge is -2.08. The average Bonchev–Trinajstić information content (AvgIpc) is 2.78. The third kappa shape index (κ3) is 5.32. The van der Waals surface area contributed by atoms with Gasteiger partial charge < -0.3 is 20.1 Å². The Morgan fingerprint density at radius 1 is 0.828 bits per heavy atom. The second-order valence-corrected chi connectivity index (χ2v) is 6.12. The number of hydrogen-bond donors (Lipinski definition) is 2. The van der Waals surface area contributed by atoms with Crippen molar-refractivity contribution < 1.29 is 19.1 Å². The minimum absolute atomic E-state index is 0.143. The minimum Gasteiger partial charge on any atom is -0.497 e. The molecule has 0 fully saturated rings. The molecular formula is C22H21N3O4. The van der Waals surface area contributed by atoms with E-state index in [1.54, 1.807) is 56.7 Å². The van der Waals surface area contributed by atoms with Gasteiger partial charge in [-0.2, -0.15) is 0 Å².